The maximum Gasteiger partial charge on any atom is 0.277 e. The second-order valence-electron chi connectivity index (χ2n) is 9.00. The van der Waals surface area contributed by atoms with Crippen molar-refractivity contribution in [3.05, 3.63) is 34.2 Å². The van der Waals surface area contributed by atoms with E-state index >= 15 is 0 Å². The van der Waals surface area contributed by atoms with Crippen LogP contribution in [0.3, 0.4) is 0 Å². The number of likely N-dealkylation sites (tertiary alicyclic amines) is 1. The van der Waals surface area contributed by atoms with Crippen LogP contribution in [0.15, 0.2) is 27.9 Å². The van der Waals surface area contributed by atoms with E-state index in [0.29, 0.717) is 48.0 Å². The molecule has 10 heteroatoms. The van der Waals surface area contributed by atoms with Crippen LogP contribution in [0.5, 0.6) is 5.75 Å². The van der Waals surface area contributed by atoms with Gasteiger partial charge < -0.3 is 14.6 Å². The topological polar surface area (TPSA) is 110 Å². The molecular weight excluding hydrogens is 454 g/mol. The Labute approximate surface area is 200 Å². The molecule has 3 heterocycles. The quantitative estimate of drug-likeness (QED) is 0.520. The standard InChI is InChI=1S/C24H33N5O4S/c1-5-13-33-20-11-10-17(34(4,31)32)14-18(20)23-25-21-19(6-2)27-29(22(21)24(30)26-23)15-16-9-7-8-12-28(16)3/h10-11,14,16H,5-9,12-13,15H2,1-4H3,(H,25,26,30)/t16-/m0/s1. The van der Waals surface area contributed by atoms with Crippen LogP contribution in [-0.2, 0) is 22.8 Å². The average molecular weight is 488 g/mol. The minimum atomic E-state index is -3.45. The van der Waals surface area contributed by atoms with Gasteiger partial charge in [0.15, 0.2) is 15.4 Å². The Morgan fingerprint density at radius 2 is 2.03 bits per heavy atom. The van der Waals surface area contributed by atoms with Gasteiger partial charge in [-0.05, 0) is 57.5 Å². The Morgan fingerprint density at radius 3 is 2.71 bits per heavy atom. The number of ether oxygens (including phenoxy) is 1. The minimum absolute atomic E-state index is 0.140. The third-order valence-electron chi connectivity index (χ3n) is 6.40. The maximum atomic E-state index is 13.3. The fourth-order valence-corrected chi connectivity index (χ4v) is 5.13. The van der Waals surface area contributed by atoms with Crippen molar-refractivity contribution < 1.29 is 13.2 Å². The van der Waals surface area contributed by atoms with E-state index in [1.807, 2.05) is 13.8 Å². The molecule has 0 bridgehead atoms. The molecule has 34 heavy (non-hydrogen) atoms. The fraction of sp³-hybridized carbons (Fsp3) is 0.542. The Kier molecular flexibility index (Phi) is 7.09. The van der Waals surface area contributed by atoms with E-state index in [2.05, 4.69) is 16.9 Å². The summed E-state index contributed by atoms with van der Waals surface area (Å²) in [5.41, 5.74) is 1.89. The van der Waals surface area contributed by atoms with Gasteiger partial charge in [0, 0.05) is 12.3 Å². The average Bonchev–Trinajstić information content (AvgIpc) is 3.16. The molecule has 1 N–H and O–H groups in total. The van der Waals surface area contributed by atoms with Crippen LogP contribution >= 0.6 is 0 Å². The van der Waals surface area contributed by atoms with Crippen molar-refractivity contribution in [2.24, 2.45) is 0 Å². The molecular formula is C24H33N5O4S. The van der Waals surface area contributed by atoms with Gasteiger partial charge in [0.1, 0.15) is 17.1 Å². The number of likely N-dealkylation sites (N-methyl/N-ethyl adjacent to an activating group) is 1. The lowest BCUT2D eigenvalue weighted by Gasteiger charge is -2.32. The van der Waals surface area contributed by atoms with E-state index in [0.717, 1.165) is 31.3 Å². The summed E-state index contributed by atoms with van der Waals surface area (Å²) in [4.78, 5) is 23.4. The first-order valence-electron chi connectivity index (χ1n) is 11.9. The molecule has 0 radical (unpaired) electrons. The van der Waals surface area contributed by atoms with Crippen molar-refractivity contribution in [1.29, 1.82) is 0 Å². The molecule has 3 aromatic rings. The van der Waals surface area contributed by atoms with Crippen LogP contribution in [0.25, 0.3) is 22.4 Å². The SMILES string of the molecule is CCCOc1ccc(S(C)(=O)=O)cc1-c1nc2c(CC)nn(C[C@@H]3CCCCN3C)c2c(=O)[nH]1. The first-order chi connectivity index (χ1) is 16.2. The summed E-state index contributed by atoms with van der Waals surface area (Å²) in [6.45, 7) is 6.11. The molecule has 4 rings (SSSR count). The monoisotopic (exact) mass is 487 g/mol. The van der Waals surface area contributed by atoms with Crippen molar-refractivity contribution in [1.82, 2.24) is 24.6 Å². The molecule has 1 fully saturated rings. The van der Waals surface area contributed by atoms with Crippen LogP contribution in [0.1, 0.15) is 45.2 Å². The molecule has 9 nitrogen and oxygen atoms in total. The van der Waals surface area contributed by atoms with Gasteiger partial charge >= 0.3 is 0 Å². The predicted molar refractivity (Wildman–Crippen MR) is 132 cm³/mol. The number of aromatic amines is 1. The first kappa shape index (κ1) is 24.4. The number of benzene rings is 1. The lowest BCUT2D eigenvalue weighted by atomic mass is 10.0. The molecule has 2 aromatic heterocycles. The maximum absolute atomic E-state index is 13.3. The zero-order chi connectivity index (χ0) is 24.5. The first-order valence-corrected chi connectivity index (χ1v) is 13.8. The zero-order valence-corrected chi connectivity index (χ0v) is 21.1. The largest absolute Gasteiger partial charge is 0.493 e. The third kappa shape index (κ3) is 4.88. The van der Waals surface area contributed by atoms with Gasteiger partial charge in [-0.2, -0.15) is 5.10 Å². The molecule has 184 valence electrons. The molecule has 1 atom stereocenters. The van der Waals surface area contributed by atoms with Gasteiger partial charge in [-0.3, -0.25) is 9.48 Å². The van der Waals surface area contributed by atoms with Crippen LogP contribution in [-0.4, -0.2) is 65.6 Å². The summed E-state index contributed by atoms with van der Waals surface area (Å²) in [7, 11) is -1.34. The van der Waals surface area contributed by atoms with Crippen molar-refractivity contribution in [2.75, 3.05) is 26.5 Å². The van der Waals surface area contributed by atoms with Crippen LogP contribution in [0, 0.1) is 0 Å². The molecule has 0 aliphatic carbocycles. The van der Waals surface area contributed by atoms with Gasteiger partial charge in [0.25, 0.3) is 5.56 Å². The summed E-state index contributed by atoms with van der Waals surface area (Å²) in [5, 5.41) is 4.74. The number of hydrogen-bond donors (Lipinski definition) is 1. The number of fused-ring (bicyclic) bond motifs is 1. The summed E-state index contributed by atoms with van der Waals surface area (Å²) in [6.07, 6.45) is 6.00. The van der Waals surface area contributed by atoms with Gasteiger partial charge in [-0.25, -0.2) is 13.4 Å². The Balaban J connectivity index is 1.84. The molecule has 1 aliphatic rings. The number of sulfone groups is 1. The van der Waals surface area contributed by atoms with Gasteiger partial charge in [0.2, 0.25) is 0 Å². The molecule has 0 amide bonds. The summed E-state index contributed by atoms with van der Waals surface area (Å²) in [5.74, 6) is 0.754. The van der Waals surface area contributed by atoms with E-state index in [9.17, 15) is 13.2 Å². The van der Waals surface area contributed by atoms with Gasteiger partial charge in [0.05, 0.1) is 29.3 Å². The highest BCUT2D eigenvalue weighted by Gasteiger charge is 2.24. The smallest absolute Gasteiger partial charge is 0.277 e. The van der Waals surface area contributed by atoms with E-state index in [-0.39, 0.29) is 16.3 Å². The number of nitrogens with one attached hydrogen (secondary N) is 1. The summed E-state index contributed by atoms with van der Waals surface area (Å²) < 4.78 is 32.0. The van der Waals surface area contributed by atoms with Crippen molar-refractivity contribution in [3.8, 4) is 17.1 Å². The number of aryl methyl sites for hydroxylation is 1. The van der Waals surface area contributed by atoms with Crippen LogP contribution in [0.4, 0.5) is 0 Å². The highest BCUT2D eigenvalue weighted by Crippen LogP contribution is 2.31. The Morgan fingerprint density at radius 1 is 1.24 bits per heavy atom. The molecule has 0 unspecified atom stereocenters. The fourth-order valence-electron chi connectivity index (χ4n) is 4.49. The number of piperidine rings is 1. The summed E-state index contributed by atoms with van der Waals surface area (Å²) in [6, 6.07) is 4.96. The highest BCUT2D eigenvalue weighted by atomic mass is 32.2. The normalized spacial score (nSPS) is 17.4. The minimum Gasteiger partial charge on any atom is -0.493 e. The number of hydrogen-bond acceptors (Lipinski definition) is 7. The Bertz CT molecular complexity index is 1350. The van der Waals surface area contributed by atoms with Crippen LogP contribution < -0.4 is 10.3 Å². The predicted octanol–water partition coefficient (Wildman–Crippen LogP) is 3.03. The highest BCUT2D eigenvalue weighted by molar-refractivity contribution is 7.90. The molecule has 0 saturated carbocycles. The molecule has 1 saturated heterocycles. The van der Waals surface area contributed by atoms with E-state index in [1.54, 1.807) is 10.7 Å². The van der Waals surface area contributed by atoms with E-state index in [1.165, 1.54) is 25.0 Å². The van der Waals surface area contributed by atoms with Crippen molar-refractivity contribution in [2.45, 2.75) is 63.4 Å². The lowest BCUT2D eigenvalue weighted by molar-refractivity contribution is 0.164. The van der Waals surface area contributed by atoms with Crippen LogP contribution in [0.2, 0.25) is 0 Å². The summed E-state index contributed by atoms with van der Waals surface area (Å²) >= 11 is 0. The van der Waals surface area contributed by atoms with Gasteiger partial charge in [-0.1, -0.05) is 20.3 Å². The molecule has 1 aliphatic heterocycles. The molecule has 0 spiro atoms. The molecule has 1 aromatic carbocycles. The zero-order valence-electron chi connectivity index (χ0n) is 20.3. The lowest BCUT2D eigenvalue weighted by Crippen LogP contribution is -2.39. The van der Waals surface area contributed by atoms with Gasteiger partial charge in [-0.15, -0.1) is 0 Å². The second kappa shape index (κ2) is 9.87. The Hall–Kier alpha value is -2.72. The number of H-pyrrole nitrogens is 1. The van der Waals surface area contributed by atoms with E-state index < -0.39 is 9.84 Å². The van der Waals surface area contributed by atoms with Crippen molar-refractivity contribution >= 4 is 20.9 Å². The van der Waals surface area contributed by atoms with Crippen molar-refractivity contribution in [3.63, 3.8) is 0 Å². The number of nitrogens with zero attached hydrogens (tertiary/aromatic N) is 4. The second-order valence-corrected chi connectivity index (χ2v) is 11.0. The van der Waals surface area contributed by atoms with E-state index in [4.69, 9.17) is 14.8 Å². The number of rotatable bonds is 8. The number of aromatic nitrogens is 4. The third-order valence-corrected chi connectivity index (χ3v) is 7.51.